The standard InChI is InChI=1S/C55H52N2/c1-7-38(34-50-36(2)42-20-11-14-25-48(42)54(50,3)4)56(41-32-33-46-45-22-13-16-27-51(45)57(52(46)35-41)39-18-9-8-10-19-39)40-30-28-37(29-31-40)43-23-17-24-47-44-21-12-15-26-49(44)55(5,6)53(43)47/h7,11-17,20-35,39H,1,8-10,18-19H2,2-6H3/b38-34+. The molecule has 57 heavy (non-hydrogen) atoms. The van der Waals surface area contributed by atoms with Crippen LogP contribution in [0.2, 0.25) is 0 Å². The van der Waals surface area contributed by atoms with Crippen LogP contribution in [0, 0.1) is 0 Å². The van der Waals surface area contributed by atoms with Gasteiger partial charge in [0.15, 0.2) is 0 Å². The predicted molar refractivity (Wildman–Crippen MR) is 243 cm³/mol. The fourth-order valence-corrected chi connectivity index (χ4v) is 11.0. The molecule has 1 heterocycles. The minimum atomic E-state index is -0.139. The van der Waals surface area contributed by atoms with Crippen LogP contribution in [0.15, 0.2) is 163 Å². The molecule has 7 aromatic rings. The van der Waals surface area contributed by atoms with Gasteiger partial charge in [0.05, 0.1) is 5.52 Å². The highest BCUT2D eigenvalue weighted by Gasteiger charge is 2.38. The van der Waals surface area contributed by atoms with Crippen molar-refractivity contribution in [1.29, 1.82) is 0 Å². The Morgan fingerprint density at radius 2 is 1.23 bits per heavy atom. The molecule has 0 N–H and O–H groups in total. The molecular weight excluding hydrogens is 689 g/mol. The van der Waals surface area contributed by atoms with E-state index in [-0.39, 0.29) is 10.8 Å². The van der Waals surface area contributed by atoms with Gasteiger partial charge in [-0.15, -0.1) is 0 Å². The number of fused-ring (bicyclic) bond motifs is 7. The molecule has 0 spiro atoms. The maximum absolute atomic E-state index is 4.49. The van der Waals surface area contributed by atoms with Gasteiger partial charge in [-0.3, -0.25) is 0 Å². The van der Waals surface area contributed by atoms with E-state index >= 15 is 0 Å². The quantitative estimate of drug-likeness (QED) is 0.148. The highest BCUT2D eigenvalue weighted by atomic mass is 15.1. The summed E-state index contributed by atoms with van der Waals surface area (Å²) in [5.41, 5.74) is 19.2. The molecule has 2 nitrogen and oxygen atoms in total. The number of hydrogen-bond donors (Lipinski definition) is 0. The number of rotatable bonds is 7. The zero-order valence-electron chi connectivity index (χ0n) is 34.1. The van der Waals surface area contributed by atoms with Crippen LogP contribution in [0.1, 0.15) is 95.0 Å². The molecule has 1 fully saturated rings. The van der Waals surface area contributed by atoms with E-state index < -0.39 is 0 Å². The second kappa shape index (κ2) is 13.4. The maximum Gasteiger partial charge on any atom is 0.0515 e. The number of allylic oxidation sites excluding steroid dienone is 4. The first-order chi connectivity index (χ1) is 27.7. The molecule has 0 bridgehead atoms. The Morgan fingerprint density at radius 3 is 1.96 bits per heavy atom. The van der Waals surface area contributed by atoms with Crippen LogP contribution < -0.4 is 4.90 Å². The Hall–Kier alpha value is -5.86. The Kier molecular flexibility index (Phi) is 8.34. The SMILES string of the molecule is C=C/C(=C\C1=C(C)c2ccccc2C1(C)C)N(c1ccc(-c2cccc3c2C(C)(C)c2ccccc2-3)cc1)c1ccc2c3ccccc3n(C3CCCCC3)c2c1. The molecule has 1 saturated carbocycles. The average Bonchev–Trinajstić information content (AvgIpc) is 3.77. The van der Waals surface area contributed by atoms with Crippen LogP contribution in [-0.4, -0.2) is 4.57 Å². The molecule has 3 aliphatic carbocycles. The Balaban J connectivity index is 1.15. The molecule has 0 amide bonds. The molecule has 10 rings (SSSR count). The first-order valence-corrected chi connectivity index (χ1v) is 21.0. The molecule has 2 heteroatoms. The summed E-state index contributed by atoms with van der Waals surface area (Å²) in [7, 11) is 0. The first kappa shape index (κ1) is 35.5. The van der Waals surface area contributed by atoms with Gasteiger partial charge in [-0.05, 0) is 118 Å². The highest BCUT2D eigenvalue weighted by molar-refractivity contribution is 6.09. The third-order valence-electron chi connectivity index (χ3n) is 13.8. The lowest BCUT2D eigenvalue weighted by molar-refractivity contribution is 0.367. The normalized spacial score (nSPS) is 17.2. The fraction of sp³-hybridized carbons (Fsp3) is 0.236. The molecule has 3 aliphatic rings. The third-order valence-corrected chi connectivity index (χ3v) is 13.8. The molecule has 0 aliphatic heterocycles. The summed E-state index contributed by atoms with van der Waals surface area (Å²) in [5.74, 6) is 0. The topological polar surface area (TPSA) is 8.17 Å². The van der Waals surface area contributed by atoms with E-state index in [2.05, 4.69) is 196 Å². The summed E-state index contributed by atoms with van der Waals surface area (Å²) in [6, 6.07) is 50.6. The van der Waals surface area contributed by atoms with Crippen LogP contribution >= 0.6 is 0 Å². The molecule has 0 atom stereocenters. The number of para-hydroxylation sites is 1. The van der Waals surface area contributed by atoms with Gasteiger partial charge >= 0.3 is 0 Å². The van der Waals surface area contributed by atoms with Crippen molar-refractivity contribution in [3.8, 4) is 22.3 Å². The lowest BCUT2D eigenvalue weighted by atomic mass is 9.79. The fourth-order valence-electron chi connectivity index (χ4n) is 11.0. The molecule has 0 radical (unpaired) electrons. The average molecular weight is 741 g/mol. The second-order valence-corrected chi connectivity index (χ2v) is 17.6. The number of hydrogen-bond acceptors (Lipinski definition) is 1. The van der Waals surface area contributed by atoms with Crippen LogP contribution in [0.25, 0.3) is 49.6 Å². The molecule has 0 unspecified atom stereocenters. The van der Waals surface area contributed by atoms with Gasteiger partial charge in [0.1, 0.15) is 0 Å². The van der Waals surface area contributed by atoms with Crippen molar-refractivity contribution in [2.24, 2.45) is 0 Å². The van der Waals surface area contributed by atoms with Gasteiger partial charge in [0.2, 0.25) is 0 Å². The van der Waals surface area contributed by atoms with Gasteiger partial charge in [0, 0.05) is 50.2 Å². The van der Waals surface area contributed by atoms with Crippen molar-refractivity contribution in [3.63, 3.8) is 0 Å². The Labute approximate surface area is 338 Å². The second-order valence-electron chi connectivity index (χ2n) is 17.6. The number of anilines is 2. The van der Waals surface area contributed by atoms with E-state index in [1.54, 1.807) is 0 Å². The van der Waals surface area contributed by atoms with Gasteiger partial charge in [-0.2, -0.15) is 0 Å². The monoisotopic (exact) mass is 740 g/mol. The minimum absolute atomic E-state index is 0.0879. The third kappa shape index (κ3) is 5.44. The predicted octanol–water partition coefficient (Wildman–Crippen LogP) is 15.2. The summed E-state index contributed by atoms with van der Waals surface area (Å²) < 4.78 is 2.67. The molecule has 0 saturated heterocycles. The van der Waals surface area contributed by atoms with E-state index in [9.17, 15) is 0 Å². The maximum atomic E-state index is 4.49. The lowest BCUT2D eigenvalue weighted by Crippen LogP contribution is -2.20. The van der Waals surface area contributed by atoms with Crippen molar-refractivity contribution in [3.05, 3.63) is 186 Å². The zero-order chi connectivity index (χ0) is 39.1. The molecule has 1 aromatic heterocycles. The van der Waals surface area contributed by atoms with Crippen LogP contribution in [0.4, 0.5) is 11.4 Å². The Morgan fingerprint density at radius 1 is 0.614 bits per heavy atom. The molecular formula is C55H52N2. The van der Waals surface area contributed by atoms with Crippen molar-refractivity contribution >= 4 is 38.8 Å². The molecule has 282 valence electrons. The van der Waals surface area contributed by atoms with Crippen molar-refractivity contribution in [2.45, 2.75) is 83.6 Å². The van der Waals surface area contributed by atoms with E-state index in [0.29, 0.717) is 6.04 Å². The largest absolute Gasteiger partial charge is 0.337 e. The summed E-state index contributed by atoms with van der Waals surface area (Å²) in [4.78, 5) is 2.44. The van der Waals surface area contributed by atoms with E-state index in [0.717, 1.165) is 17.1 Å². The van der Waals surface area contributed by atoms with Crippen molar-refractivity contribution in [1.82, 2.24) is 4.57 Å². The highest BCUT2D eigenvalue weighted by Crippen LogP contribution is 2.53. The van der Waals surface area contributed by atoms with Gasteiger partial charge in [-0.1, -0.05) is 157 Å². The van der Waals surface area contributed by atoms with E-state index in [4.69, 9.17) is 0 Å². The van der Waals surface area contributed by atoms with Crippen molar-refractivity contribution < 1.29 is 0 Å². The van der Waals surface area contributed by atoms with Crippen LogP contribution in [0.3, 0.4) is 0 Å². The van der Waals surface area contributed by atoms with Gasteiger partial charge < -0.3 is 9.47 Å². The summed E-state index contributed by atoms with van der Waals surface area (Å²) in [5, 5.41) is 2.67. The minimum Gasteiger partial charge on any atom is -0.337 e. The van der Waals surface area contributed by atoms with E-state index in [1.165, 1.54) is 110 Å². The summed E-state index contributed by atoms with van der Waals surface area (Å²) in [6.45, 7) is 16.2. The Bertz CT molecular complexity index is 2790. The number of benzene rings is 6. The number of nitrogens with zero attached hydrogens (tertiary/aromatic N) is 2. The smallest absolute Gasteiger partial charge is 0.0515 e. The van der Waals surface area contributed by atoms with Gasteiger partial charge in [0.25, 0.3) is 0 Å². The van der Waals surface area contributed by atoms with Gasteiger partial charge in [-0.25, -0.2) is 0 Å². The lowest BCUT2D eigenvalue weighted by Gasteiger charge is -2.30. The van der Waals surface area contributed by atoms with E-state index in [1.807, 2.05) is 0 Å². The summed E-state index contributed by atoms with van der Waals surface area (Å²) in [6.07, 6.45) is 10.8. The first-order valence-electron chi connectivity index (χ1n) is 21.0. The summed E-state index contributed by atoms with van der Waals surface area (Å²) >= 11 is 0. The molecule has 6 aromatic carbocycles. The number of aromatic nitrogens is 1. The van der Waals surface area contributed by atoms with Crippen molar-refractivity contribution in [2.75, 3.05) is 4.90 Å². The van der Waals surface area contributed by atoms with Crippen LogP contribution in [-0.2, 0) is 10.8 Å². The zero-order valence-corrected chi connectivity index (χ0v) is 34.1. The van der Waals surface area contributed by atoms with Crippen LogP contribution in [0.5, 0.6) is 0 Å².